The molecule has 0 spiro atoms. The fraction of sp³-hybridized carbons (Fsp3) is 0. The smallest absolute Gasteiger partial charge is 0.343 e. The molecule has 0 unspecified atom stereocenters. The molecule has 37 heavy (non-hydrogen) atoms. The van der Waals surface area contributed by atoms with Gasteiger partial charge in [0.05, 0.1) is 41.0 Å². The zero-order valence-corrected chi connectivity index (χ0v) is 22.3. The van der Waals surface area contributed by atoms with E-state index in [1.54, 1.807) is 0 Å². The molecule has 4 aromatic carbocycles. The van der Waals surface area contributed by atoms with Crippen LogP contribution in [-0.2, 0) is 9.84 Å². The summed E-state index contributed by atoms with van der Waals surface area (Å²) in [5.74, 6) is -1.03. The average molecular weight is 596 g/mol. The zero-order chi connectivity index (χ0) is 26.7. The third-order valence-corrected chi connectivity index (χ3v) is 8.27. The molecule has 6 nitrogen and oxygen atoms in total. The van der Waals surface area contributed by atoms with Gasteiger partial charge in [-0.2, -0.15) is 0 Å². The zero-order valence-electron chi connectivity index (χ0n) is 18.5. The van der Waals surface area contributed by atoms with E-state index < -0.39 is 21.8 Å². The second kappa shape index (κ2) is 11.1. The number of benzene rings is 4. The molecule has 0 saturated carbocycles. The van der Waals surface area contributed by atoms with Crippen molar-refractivity contribution >= 4 is 68.2 Å². The van der Waals surface area contributed by atoms with Gasteiger partial charge in [0.2, 0.25) is 9.84 Å². The lowest BCUT2D eigenvalue weighted by atomic mass is 10.2. The fourth-order valence-corrected chi connectivity index (χ4v) is 4.93. The molecule has 0 N–H and O–H groups in total. The van der Waals surface area contributed by atoms with E-state index in [9.17, 15) is 18.0 Å². The second-order valence-electron chi connectivity index (χ2n) is 7.48. The lowest BCUT2D eigenvalue weighted by Gasteiger charge is -2.09. The Kier molecular flexibility index (Phi) is 8.11. The van der Waals surface area contributed by atoms with Crippen LogP contribution in [0.4, 0.5) is 0 Å². The number of rotatable bonds is 6. The minimum absolute atomic E-state index is 0.0512. The van der Waals surface area contributed by atoms with Gasteiger partial charge in [-0.05, 0) is 72.8 Å². The van der Waals surface area contributed by atoms with Crippen LogP contribution in [0.25, 0.3) is 0 Å². The lowest BCUT2D eigenvalue weighted by Crippen LogP contribution is -2.10. The summed E-state index contributed by atoms with van der Waals surface area (Å²) in [6.45, 7) is 0. The van der Waals surface area contributed by atoms with Crippen molar-refractivity contribution in [2.24, 2.45) is 0 Å². The molecule has 4 aromatic rings. The Morgan fingerprint density at radius 3 is 1.19 bits per heavy atom. The van der Waals surface area contributed by atoms with Crippen LogP contribution in [0.2, 0.25) is 20.1 Å². The molecule has 0 radical (unpaired) electrons. The van der Waals surface area contributed by atoms with Crippen molar-refractivity contribution in [2.45, 2.75) is 9.79 Å². The van der Waals surface area contributed by atoms with Crippen LogP contribution in [0.1, 0.15) is 20.7 Å². The molecule has 0 atom stereocenters. The topological polar surface area (TPSA) is 86.7 Å². The summed E-state index contributed by atoms with van der Waals surface area (Å²) >= 11 is 23.5. The van der Waals surface area contributed by atoms with Gasteiger partial charge in [-0.15, -0.1) is 0 Å². The van der Waals surface area contributed by atoms with Crippen LogP contribution in [0.15, 0.2) is 94.7 Å². The number of esters is 2. The van der Waals surface area contributed by atoms with E-state index in [0.717, 1.165) is 0 Å². The van der Waals surface area contributed by atoms with Crippen molar-refractivity contribution in [2.75, 3.05) is 0 Å². The maximum atomic E-state index is 13.0. The minimum Gasteiger partial charge on any atom is -0.423 e. The molecule has 0 aliphatic heterocycles. The van der Waals surface area contributed by atoms with Gasteiger partial charge in [-0.25, -0.2) is 18.0 Å². The van der Waals surface area contributed by atoms with E-state index >= 15 is 0 Å². The van der Waals surface area contributed by atoms with Gasteiger partial charge in [0, 0.05) is 12.1 Å². The largest absolute Gasteiger partial charge is 0.423 e. The highest BCUT2D eigenvalue weighted by molar-refractivity contribution is 7.91. The standard InChI is InChI=1S/C26H14Cl4O6S/c27-21-11-5-17(13-23(21)29)35-25(31)15-1-7-19(8-2-15)37(33,34)20-9-3-16(4-10-20)26(32)36-18-6-12-22(28)24(30)14-18/h1-14H. The quantitative estimate of drug-likeness (QED) is 0.169. The van der Waals surface area contributed by atoms with Crippen molar-refractivity contribution in [1.82, 2.24) is 0 Å². The highest BCUT2D eigenvalue weighted by Gasteiger charge is 2.20. The Hall–Kier alpha value is -3.07. The summed E-state index contributed by atoms with van der Waals surface area (Å²) in [5.41, 5.74) is 0.260. The molecule has 0 aromatic heterocycles. The molecule has 0 amide bonds. The maximum absolute atomic E-state index is 13.0. The van der Waals surface area contributed by atoms with Crippen LogP contribution >= 0.6 is 46.4 Å². The monoisotopic (exact) mass is 594 g/mol. The van der Waals surface area contributed by atoms with E-state index in [1.165, 1.54) is 84.9 Å². The Morgan fingerprint density at radius 2 is 0.865 bits per heavy atom. The number of carbonyl (C=O) groups is 2. The van der Waals surface area contributed by atoms with Gasteiger partial charge < -0.3 is 9.47 Å². The van der Waals surface area contributed by atoms with Crippen molar-refractivity contribution < 1.29 is 27.5 Å². The number of ether oxygens (including phenoxy) is 2. The van der Waals surface area contributed by atoms with Crippen molar-refractivity contribution in [1.29, 1.82) is 0 Å². The average Bonchev–Trinajstić information content (AvgIpc) is 2.88. The highest BCUT2D eigenvalue weighted by Crippen LogP contribution is 2.28. The molecule has 0 aliphatic rings. The van der Waals surface area contributed by atoms with Crippen LogP contribution in [-0.4, -0.2) is 20.4 Å². The van der Waals surface area contributed by atoms with E-state index in [-0.39, 0.29) is 42.5 Å². The second-order valence-corrected chi connectivity index (χ2v) is 11.1. The predicted molar refractivity (Wildman–Crippen MR) is 141 cm³/mol. The Labute approximate surface area is 232 Å². The first-order chi connectivity index (χ1) is 17.5. The number of sulfone groups is 1. The third kappa shape index (κ3) is 6.26. The van der Waals surface area contributed by atoms with Gasteiger partial charge in [0.15, 0.2) is 0 Å². The molecule has 11 heteroatoms. The van der Waals surface area contributed by atoms with E-state index in [4.69, 9.17) is 55.9 Å². The molecular weight excluding hydrogens is 582 g/mol. The first kappa shape index (κ1) is 27.0. The Balaban J connectivity index is 1.46. The molecular formula is C26H14Cl4O6S. The van der Waals surface area contributed by atoms with E-state index in [2.05, 4.69) is 0 Å². The van der Waals surface area contributed by atoms with Crippen molar-refractivity contribution in [3.63, 3.8) is 0 Å². The van der Waals surface area contributed by atoms with Crippen molar-refractivity contribution in [3.05, 3.63) is 116 Å². The molecule has 4 rings (SSSR count). The Bertz CT molecular complexity index is 1490. The number of carbonyl (C=O) groups excluding carboxylic acids is 2. The first-order valence-electron chi connectivity index (χ1n) is 10.3. The van der Waals surface area contributed by atoms with Crippen LogP contribution < -0.4 is 9.47 Å². The third-order valence-electron chi connectivity index (χ3n) is 5.00. The molecule has 0 heterocycles. The lowest BCUT2D eigenvalue weighted by molar-refractivity contribution is 0.0725. The fourth-order valence-electron chi connectivity index (χ4n) is 3.09. The number of hydrogen-bond acceptors (Lipinski definition) is 6. The number of halogens is 4. The van der Waals surface area contributed by atoms with E-state index in [0.29, 0.717) is 10.0 Å². The maximum Gasteiger partial charge on any atom is 0.343 e. The normalized spacial score (nSPS) is 11.1. The van der Waals surface area contributed by atoms with Crippen LogP contribution in [0, 0.1) is 0 Å². The van der Waals surface area contributed by atoms with E-state index in [1.807, 2.05) is 0 Å². The van der Waals surface area contributed by atoms with Gasteiger partial charge >= 0.3 is 11.9 Å². The first-order valence-corrected chi connectivity index (χ1v) is 13.3. The van der Waals surface area contributed by atoms with Crippen LogP contribution in [0.5, 0.6) is 11.5 Å². The summed E-state index contributed by atoms with van der Waals surface area (Å²) in [6.07, 6.45) is 0. The van der Waals surface area contributed by atoms with Gasteiger partial charge in [0.25, 0.3) is 0 Å². The van der Waals surface area contributed by atoms with Gasteiger partial charge in [0.1, 0.15) is 11.5 Å². The van der Waals surface area contributed by atoms with Crippen LogP contribution in [0.3, 0.4) is 0 Å². The Morgan fingerprint density at radius 1 is 0.514 bits per heavy atom. The van der Waals surface area contributed by atoms with Crippen molar-refractivity contribution in [3.8, 4) is 11.5 Å². The summed E-state index contributed by atoms with van der Waals surface area (Å²) in [6, 6.07) is 19.2. The summed E-state index contributed by atoms with van der Waals surface area (Å²) in [4.78, 5) is 24.7. The minimum atomic E-state index is -3.93. The summed E-state index contributed by atoms with van der Waals surface area (Å²) in [7, 11) is -3.93. The molecule has 188 valence electrons. The summed E-state index contributed by atoms with van der Waals surface area (Å²) in [5, 5.41) is 1.07. The predicted octanol–water partition coefficient (Wildman–Crippen LogP) is 7.57. The number of hydrogen-bond donors (Lipinski definition) is 0. The van der Waals surface area contributed by atoms with Gasteiger partial charge in [-0.3, -0.25) is 0 Å². The van der Waals surface area contributed by atoms with Gasteiger partial charge in [-0.1, -0.05) is 46.4 Å². The SMILES string of the molecule is O=C(Oc1ccc(Cl)c(Cl)c1)c1ccc(S(=O)(=O)c2ccc(C(=O)Oc3ccc(Cl)c(Cl)c3)cc2)cc1. The molecule has 0 fully saturated rings. The summed E-state index contributed by atoms with van der Waals surface area (Å²) < 4.78 is 36.6. The molecule has 0 saturated heterocycles. The highest BCUT2D eigenvalue weighted by atomic mass is 35.5. The molecule has 0 bridgehead atoms. The molecule has 0 aliphatic carbocycles.